The lowest BCUT2D eigenvalue weighted by molar-refractivity contribution is -0.151. The molecule has 2 atom stereocenters. The van der Waals surface area contributed by atoms with E-state index in [1.807, 2.05) is 42.5 Å². The van der Waals surface area contributed by atoms with Crippen LogP contribution in [0.25, 0.3) is 11.0 Å². The molecule has 0 saturated carbocycles. The van der Waals surface area contributed by atoms with Crippen molar-refractivity contribution in [2.45, 2.75) is 18.9 Å². The quantitative estimate of drug-likeness (QED) is 0.542. The second-order valence-electron chi connectivity index (χ2n) is 5.81. The van der Waals surface area contributed by atoms with Crippen molar-refractivity contribution in [3.63, 3.8) is 0 Å². The third kappa shape index (κ3) is 2.48. The summed E-state index contributed by atoms with van der Waals surface area (Å²) in [6.07, 6.45) is -0.911. The summed E-state index contributed by atoms with van der Waals surface area (Å²) in [6.45, 7) is 1.98. The van der Waals surface area contributed by atoms with E-state index < -0.39 is 23.6 Å². The third-order valence-electron chi connectivity index (χ3n) is 4.34. The Balaban J connectivity index is 1.96. The van der Waals surface area contributed by atoms with Crippen LogP contribution < -0.4 is 10.4 Å². The molecule has 0 amide bonds. The van der Waals surface area contributed by atoms with Crippen molar-refractivity contribution in [3.8, 4) is 5.75 Å². The highest BCUT2D eigenvalue weighted by atomic mass is 16.6. The molecule has 2 aromatic carbocycles. The SMILES string of the molecule is CCOC(=O)C1Oc2c(c(=O)oc3ccccc23)C1c1ccccc1. The minimum Gasteiger partial charge on any atom is -0.476 e. The van der Waals surface area contributed by atoms with Gasteiger partial charge in [-0.15, -0.1) is 0 Å². The van der Waals surface area contributed by atoms with Crippen molar-refractivity contribution in [1.82, 2.24) is 0 Å². The molecule has 0 radical (unpaired) electrons. The molecule has 126 valence electrons. The predicted molar refractivity (Wildman–Crippen MR) is 91.8 cm³/mol. The zero-order valence-corrected chi connectivity index (χ0v) is 13.6. The fourth-order valence-corrected chi connectivity index (χ4v) is 3.29. The monoisotopic (exact) mass is 336 g/mol. The van der Waals surface area contributed by atoms with Gasteiger partial charge >= 0.3 is 11.6 Å². The molecule has 0 spiro atoms. The average molecular weight is 336 g/mol. The molecule has 5 nitrogen and oxygen atoms in total. The Kier molecular flexibility index (Phi) is 3.76. The van der Waals surface area contributed by atoms with Crippen LogP contribution in [-0.2, 0) is 9.53 Å². The van der Waals surface area contributed by atoms with Gasteiger partial charge in [-0.25, -0.2) is 9.59 Å². The molecule has 4 rings (SSSR count). The Bertz CT molecular complexity index is 990. The summed E-state index contributed by atoms with van der Waals surface area (Å²) in [4.78, 5) is 25.1. The maximum atomic E-state index is 12.6. The van der Waals surface area contributed by atoms with Crippen LogP contribution in [0.1, 0.15) is 24.0 Å². The third-order valence-corrected chi connectivity index (χ3v) is 4.34. The molecular formula is C20H16O5. The molecule has 1 aliphatic rings. The van der Waals surface area contributed by atoms with Crippen molar-refractivity contribution in [1.29, 1.82) is 0 Å². The second-order valence-corrected chi connectivity index (χ2v) is 5.81. The van der Waals surface area contributed by atoms with E-state index in [9.17, 15) is 9.59 Å². The first-order chi connectivity index (χ1) is 12.2. The molecule has 3 aromatic rings. The minimum atomic E-state index is -0.911. The fraction of sp³-hybridized carbons (Fsp3) is 0.200. The van der Waals surface area contributed by atoms with Crippen LogP contribution in [0.15, 0.2) is 63.8 Å². The normalized spacial score (nSPS) is 18.6. The number of ether oxygens (including phenoxy) is 2. The van der Waals surface area contributed by atoms with Gasteiger partial charge in [0.15, 0.2) is 0 Å². The summed E-state index contributed by atoms with van der Waals surface area (Å²) in [5, 5.41) is 0.671. The molecule has 2 unspecified atom stereocenters. The number of hydrogen-bond donors (Lipinski definition) is 0. The Labute approximate surface area is 143 Å². The van der Waals surface area contributed by atoms with Crippen LogP contribution in [0, 0.1) is 0 Å². The standard InChI is InChI=1S/C20H16O5/c1-2-23-20(22)18-15(12-8-4-3-5-9-12)16-17(25-18)13-10-6-7-11-14(13)24-19(16)21/h3-11,15,18H,2H2,1H3. The van der Waals surface area contributed by atoms with Crippen LogP contribution in [0.2, 0.25) is 0 Å². The molecular weight excluding hydrogens is 320 g/mol. The number of fused-ring (bicyclic) bond motifs is 3. The number of esters is 1. The van der Waals surface area contributed by atoms with E-state index >= 15 is 0 Å². The maximum Gasteiger partial charge on any atom is 0.348 e. The summed E-state index contributed by atoms with van der Waals surface area (Å²) < 4.78 is 16.6. The van der Waals surface area contributed by atoms with Crippen LogP contribution >= 0.6 is 0 Å². The van der Waals surface area contributed by atoms with E-state index in [1.54, 1.807) is 19.1 Å². The largest absolute Gasteiger partial charge is 0.476 e. The molecule has 0 fully saturated rings. The van der Waals surface area contributed by atoms with Gasteiger partial charge in [0, 0.05) is 0 Å². The highest BCUT2D eigenvalue weighted by Crippen LogP contribution is 2.44. The van der Waals surface area contributed by atoms with Gasteiger partial charge in [0.2, 0.25) is 6.10 Å². The van der Waals surface area contributed by atoms with E-state index in [0.29, 0.717) is 22.3 Å². The molecule has 25 heavy (non-hydrogen) atoms. The first-order valence-corrected chi connectivity index (χ1v) is 8.14. The highest BCUT2D eigenvalue weighted by Gasteiger charge is 2.44. The summed E-state index contributed by atoms with van der Waals surface area (Å²) in [7, 11) is 0. The van der Waals surface area contributed by atoms with E-state index in [4.69, 9.17) is 13.9 Å². The summed E-state index contributed by atoms with van der Waals surface area (Å²) in [5.74, 6) is -0.647. The van der Waals surface area contributed by atoms with E-state index in [2.05, 4.69) is 0 Å². The number of carbonyl (C=O) groups is 1. The molecule has 2 heterocycles. The molecule has 1 aliphatic heterocycles. The van der Waals surface area contributed by atoms with Crippen LogP contribution in [0.3, 0.4) is 0 Å². The van der Waals surface area contributed by atoms with Crippen molar-refractivity contribution >= 4 is 16.9 Å². The van der Waals surface area contributed by atoms with E-state index in [1.165, 1.54) is 0 Å². The van der Waals surface area contributed by atoms with E-state index in [0.717, 1.165) is 5.56 Å². The van der Waals surface area contributed by atoms with Crippen LogP contribution in [0.5, 0.6) is 5.75 Å². The molecule has 1 aromatic heterocycles. The fourth-order valence-electron chi connectivity index (χ4n) is 3.29. The first kappa shape index (κ1) is 15.4. The van der Waals surface area contributed by atoms with Crippen molar-refractivity contribution in [2.24, 2.45) is 0 Å². The smallest absolute Gasteiger partial charge is 0.348 e. The lowest BCUT2D eigenvalue weighted by Crippen LogP contribution is -2.32. The van der Waals surface area contributed by atoms with Crippen LogP contribution in [0.4, 0.5) is 0 Å². The highest BCUT2D eigenvalue weighted by molar-refractivity contribution is 5.88. The second kappa shape index (κ2) is 6.09. The van der Waals surface area contributed by atoms with Gasteiger partial charge in [-0.05, 0) is 24.6 Å². The molecule has 0 N–H and O–H groups in total. The lowest BCUT2D eigenvalue weighted by Gasteiger charge is -2.17. The number of carbonyl (C=O) groups excluding carboxylic acids is 1. The number of benzene rings is 2. The topological polar surface area (TPSA) is 65.7 Å². The summed E-state index contributed by atoms with van der Waals surface area (Å²) in [5.41, 5.74) is 1.11. The number of para-hydroxylation sites is 1. The average Bonchev–Trinajstić information content (AvgIpc) is 3.04. The van der Waals surface area contributed by atoms with Crippen molar-refractivity contribution in [3.05, 3.63) is 76.1 Å². The Morgan fingerprint density at radius 2 is 1.80 bits per heavy atom. The molecule has 0 saturated heterocycles. The van der Waals surface area contributed by atoms with Gasteiger partial charge in [-0.2, -0.15) is 0 Å². The number of hydrogen-bond acceptors (Lipinski definition) is 5. The van der Waals surface area contributed by atoms with Crippen LogP contribution in [-0.4, -0.2) is 18.7 Å². The van der Waals surface area contributed by atoms with Gasteiger partial charge in [-0.1, -0.05) is 42.5 Å². The lowest BCUT2D eigenvalue weighted by atomic mass is 9.88. The molecule has 5 heteroatoms. The molecule has 0 bridgehead atoms. The van der Waals surface area contributed by atoms with Gasteiger partial charge in [0.05, 0.1) is 23.5 Å². The van der Waals surface area contributed by atoms with Gasteiger partial charge < -0.3 is 13.9 Å². The zero-order valence-electron chi connectivity index (χ0n) is 13.6. The zero-order chi connectivity index (χ0) is 17.4. The predicted octanol–water partition coefficient (Wildman–Crippen LogP) is 3.25. The molecule has 0 aliphatic carbocycles. The summed E-state index contributed by atoms with van der Waals surface area (Å²) in [6, 6.07) is 16.5. The minimum absolute atomic E-state index is 0.242. The maximum absolute atomic E-state index is 12.6. The van der Waals surface area contributed by atoms with Gasteiger partial charge in [0.1, 0.15) is 11.3 Å². The van der Waals surface area contributed by atoms with Crippen molar-refractivity contribution < 1.29 is 18.7 Å². The van der Waals surface area contributed by atoms with Crippen molar-refractivity contribution in [2.75, 3.05) is 6.61 Å². The number of rotatable bonds is 3. The van der Waals surface area contributed by atoms with Gasteiger partial charge in [0.25, 0.3) is 0 Å². The Hall–Kier alpha value is -3.08. The first-order valence-electron chi connectivity index (χ1n) is 8.14. The Morgan fingerprint density at radius 1 is 1.08 bits per heavy atom. The Morgan fingerprint density at radius 3 is 2.56 bits per heavy atom. The summed E-state index contributed by atoms with van der Waals surface area (Å²) >= 11 is 0. The van der Waals surface area contributed by atoms with E-state index in [-0.39, 0.29) is 6.61 Å². The van der Waals surface area contributed by atoms with Gasteiger partial charge in [-0.3, -0.25) is 0 Å².